The van der Waals surface area contributed by atoms with Crippen molar-refractivity contribution in [2.45, 2.75) is 25.2 Å². The Morgan fingerprint density at radius 3 is 2.07 bits per heavy atom. The van der Waals surface area contributed by atoms with Crippen molar-refractivity contribution in [3.63, 3.8) is 0 Å². The molecule has 0 unspecified atom stereocenters. The van der Waals surface area contributed by atoms with E-state index in [1.54, 1.807) is 19.2 Å². The van der Waals surface area contributed by atoms with E-state index in [0.29, 0.717) is 5.75 Å². The van der Waals surface area contributed by atoms with Gasteiger partial charge in [0, 0.05) is 24.2 Å². The minimum Gasteiger partial charge on any atom is -0.497 e. The Morgan fingerprint density at radius 2 is 1.50 bits per heavy atom. The summed E-state index contributed by atoms with van der Waals surface area (Å²) in [4.78, 5) is 39.3. The average molecular weight is 378 g/mol. The zero-order valence-corrected chi connectivity index (χ0v) is 15.8. The molecule has 0 bridgehead atoms. The van der Waals surface area contributed by atoms with Gasteiger partial charge in [0.25, 0.3) is 11.8 Å². The van der Waals surface area contributed by atoms with Crippen LogP contribution in [0.15, 0.2) is 54.6 Å². The predicted molar refractivity (Wildman–Crippen MR) is 102 cm³/mol. The lowest BCUT2D eigenvalue weighted by molar-refractivity contribution is -0.146. The number of carbonyl (C=O) groups excluding carboxylic acids is 3. The summed E-state index contributed by atoms with van der Waals surface area (Å²) in [5.41, 5.74) is 5.23. The largest absolute Gasteiger partial charge is 0.497 e. The summed E-state index contributed by atoms with van der Waals surface area (Å²) in [6.07, 6.45) is 0.137. The maximum atomic E-state index is 13.2. The molecule has 28 heavy (non-hydrogen) atoms. The van der Waals surface area contributed by atoms with Crippen LogP contribution < -0.4 is 15.6 Å². The number of rotatable bonds is 3. The molecule has 2 fully saturated rings. The molecule has 4 rings (SSSR count). The van der Waals surface area contributed by atoms with Crippen molar-refractivity contribution in [1.29, 1.82) is 0 Å². The van der Waals surface area contributed by atoms with Crippen LogP contribution in [0.25, 0.3) is 0 Å². The number of benzene rings is 2. The summed E-state index contributed by atoms with van der Waals surface area (Å²) in [6.45, 7) is 1.81. The zero-order chi connectivity index (χ0) is 19.9. The topological polar surface area (TPSA) is 84.5 Å². The number of ether oxygens (including phenoxy) is 1. The molecule has 1 aliphatic heterocycles. The van der Waals surface area contributed by atoms with E-state index >= 15 is 0 Å². The molecule has 0 radical (unpaired) electrons. The molecule has 0 aromatic heterocycles. The van der Waals surface area contributed by atoms with Crippen LogP contribution in [0.4, 0.5) is 0 Å². The van der Waals surface area contributed by atoms with E-state index in [-0.39, 0.29) is 24.0 Å². The summed E-state index contributed by atoms with van der Waals surface area (Å²) >= 11 is 0. The summed E-state index contributed by atoms with van der Waals surface area (Å²) in [6, 6.07) is 16.6. The molecule has 1 spiro atoms. The van der Waals surface area contributed by atoms with E-state index in [4.69, 9.17) is 4.74 Å². The molecule has 2 aliphatic rings. The van der Waals surface area contributed by atoms with Gasteiger partial charge in [-0.2, -0.15) is 0 Å². The standard InChI is InChI=1S/C22H22N2O4/c1-13-18(25)12-17(14-8-10-16(28-2)11-9-14)22(20(26)23-24-21(22)27)19(13)15-6-4-3-5-7-15/h3-11,13,17,19H,12H2,1-2H3,(H,23,26)(H,24,27)/t13-,17+,19-/m0/s1. The van der Waals surface area contributed by atoms with E-state index in [2.05, 4.69) is 10.9 Å². The highest BCUT2D eigenvalue weighted by Gasteiger charge is 2.65. The van der Waals surface area contributed by atoms with Gasteiger partial charge in [-0.15, -0.1) is 0 Å². The average Bonchev–Trinajstić information content (AvgIpc) is 3.01. The van der Waals surface area contributed by atoms with Crippen LogP contribution >= 0.6 is 0 Å². The molecule has 2 aromatic carbocycles. The Morgan fingerprint density at radius 1 is 0.893 bits per heavy atom. The third-order valence-corrected chi connectivity index (χ3v) is 6.17. The monoisotopic (exact) mass is 378 g/mol. The zero-order valence-electron chi connectivity index (χ0n) is 15.8. The van der Waals surface area contributed by atoms with Crippen LogP contribution in [0.2, 0.25) is 0 Å². The Hall–Kier alpha value is -3.15. The van der Waals surface area contributed by atoms with Crippen LogP contribution in [-0.2, 0) is 14.4 Å². The molecular weight excluding hydrogens is 356 g/mol. The van der Waals surface area contributed by atoms with Crippen molar-refractivity contribution in [2.75, 3.05) is 7.11 Å². The summed E-state index contributed by atoms with van der Waals surface area (Å²) in [5, 5.41) is 0. The second-order valence-electron chi connectivity index (χ2n) is 7.45. The Kier molecular flexibility index (Phi) is 4.41. The fourth-order valence-electron chi connectivity index (χ4n) is 4.80. The number of ketones is 1. The highest BCUT2D eigenvalue weighted by atomic mass is 16.5. The quantitative estimate of drug-likeness (QED) is 0.803. The molecule has 1 saturated carbocycles. The lowest BCUT2D eigenvalue weighted by atomic mass is 9.52. The van der Waals surface area contributed by atoms with Crippen molar-refractivity contribution in [3.8, 4) is 5.75 Å². The van der Waals surface area contributed by atoms with Gasteiger partial charge in [0.1, 0.15) is 16.9 Å². The Bertz CT molecular complexity index is 907. The van der Waals surface area contributed by atoms with Crippen LogP contribution in [-0.4, -0.2) is 24.7 Å². The smallest absolute Gasteiger partial charge is 0.255 e. The van der Waals surface area contributed by atoms with Gasteiger partial charge in [-0.25, -0.2) is 0 Å². The van der Waals surface area contributed by atoms with Crippen LogP contribution in [0.1, 0.15) is 36.3 Å². The first kappa shape index (κ1) is 18.2. The fraction of sp³-hybridized carbons (Fsp3) is 0.318. The lowest BCUT2D eigenvalue weighted by Crippen LogP contribution is -2.53. The van der Waals surface area contributed by atoms with Crippen molar-refractivity contribution >= 4 is 17.6 Å². The fourth-order valence-corrected chi connectivity index (χ4v) is 4.80. The number of Topliss-reactive ketones (excluding diaryl/α,β-unsaturated/α-hetero) is 1. The van der Waals surface area contributed by atoms with Crippen molar-refractivity contribution in [2.24, 2.45) is 11.3 Å². The van der Waals surface area contributed by atoms with Gasteiger partial charge in [-0.3, -0.25) is 25.2 Å². The first-order valence-corrected chi connectivity index (χ1v) is 9.32. The predicted octanol–water partition coefficient (Wildman–Crippen LogP) is 2.32. The highest BCUT2D eigenvalue weighted by molar-refractivity contribution is 6.13. The summed E-state index contributed by atoms with van der Waals surface area (Å²) in [5.74, 6) is -1.61. The molecule has 1 aliphatic carbocycles. The first-order chi connectivity index (χ1) is 13.5. The lowest BCUT2D eigenvalue weighted by Gasteiger charge is -2.46. The number of hydrazine groups is 1. The third kappa shape index (κ3) is 2.52. The molecule has 6 nitrogen and oxygen atoms in total. The SMILES string of the molecule is COc1ccc([C@H]2CC(=O)[C@H](C)[C@@H](c3ccccc3)C23C(=O)NNC3=O)cc1. The van der Waals surface area contributed by atoms with Crippen molar-refractivity contribution in [1.82, 2.24) is 10.9 Å². The van der Waals surface area contributed by atoms with Crippen LogP contribution in [0, 0.1) is 11.3 Å². The number of carbonyl (C=O) groups is 3. The summed E-state index contributed by atoms with van der Waals surface area (Å²) < 4.78 is 5.22. The normalized spacial score (nSPS) is 26.1. The van der Waals surface area contributed by atoms with Crippen LogP contribution in [0.3, 0.4) is 0 Å². The van der Waals surface area contributed by atoms with Gasteiger partial charge >= 0.3 is 0 Å². The van der Waals surface area contributed by atoms with Crippen molar-refractivity contribution in [3.05, 3.63) is 65.7 Å². The molecular formula is C22H22N2O4. The molecule has 2 aromatic rings. The number of amides is 2. The summed E-state index contributed by atoms with van der Waals surface area (Å²) in [7, 11) is 1.58. The number of hydrogen-bond donors (Lipinski definition) is 2. The molecule has 1 heterocycles. The van der Waals surface area contributed by atoms with E-state index in [1.807, 2.05) is 49.4 Å². The van der Waals surface area contributed by atoms with E-state index in [9.17, 15) is 14.4 Å². The molecule has 1 saturated heterocycles. The maximum Gasteiger partial charge on any atom is 0.255 e. The number of methoxy groups -OCH3 is 1. The third-order valence-electron chi connectivity index (χ3n) is 6.17. The Balaban J connectivity index is 1.93. The second-order valence-corrected chi connectivity index (χ2v) is 7.45. The first-order valence-electron chi connectivity index (χ1n) is 9.32. The van der Waals surface area contributed by atoms with Crippen molar-refractivity contribution < 1.29 is 19.1 Å². The minimum atomic E-state index is -1.39. The highest BCUT2D eigenvalue weighted by Crippen LogP contribution is 2.57. The van der Waals surface area contributed by atoms with Gasteiger partial charge < -0.3 is 4.74 Å². The van der Waals surface area contributed by atoms with Gasteiger partial charge in [0.15, 0.2) is 0 Å². The number of nitrogens with one attached hydrogen (secondary N) is 2. The molecule has 3 atom stereocenters. The van der Waals surface area contributed by atoms with Crippen LogP contribution in [0.5, 0.6) is 5.75 Å². The second kappa shape index (κ2) is 6.78. The molecule has 6 heteroatoms. The van der Waals surface area contributed by atoms with Gasteiger partial charge in [-0.1, -0.05) is 49.4 Å². The van der Waals surface area contributed by atoms with E-state index < -0.39 is 23.2 Å². The maximum absolute atomic E-state index is 13.2. The van der Waals surface area contributed by atoms with E-state index in [0.717, 1.165) is 11.1 Å². The molecule has 144 valence electrons. The van der Waals surface area contributed by atoms with E-state index in [1.165, 1.54) is 0 Å². The number of hydrogen-bond acceptors (Lipinski definition) is 4. The molecule has 2 amide bonds. The Labute approximate surface area is 163 Å². The van der Waals surface area contributed by atoms with Gasteiger partial charge in [-0.05, 0) is 23.3 Å². The minimum absolute atomic E-state index is 0.0489. The van der Waals surface area contributed by atoms with Gasteiger partial charge in [0.2, 0.25) is 0 Å². The molecule has 2 N–H and O–H groups in total. The van der Waals surface area contributed by atoms with Gasteiger partial charge in [0.05, 0.1) is 7.11 Å².